The summed E-state index contributed by atoms with van der Waals surface area (Å²) in [5.41, 5.74) is 1.54. The Morgan fingerprint density at radius 3 is 2.54 bits per heavy atom. The highest BCUT2D eigenvalue weighted by Gasteiger charge is 2.18. The van der Waals surface area contributed by atoms with Gasteiger partial charge in [-0.1, -0.05) is 37.3 Å². The molecule has 0 aliphatic carbocycles. The van der Waals surface area contributed by atoms with Gasteiger partial charge in [-0.15, -0.1) is 0 Å². The summed E-state index contributed by atoms with van der Waals surface area (Å²) < 4.78 is 0. The maximum atomic E-state index is 12.8. The van der Waals surface area contributed by atoms with Crippen LogP contribution in [0.25, 0.3) is 0 Å². The van der Waals surface area contributed by atoms with E-state index in [9.17, 15) is 4.79 Å². The molecule has 2 aromatic rings. The van der Waals surface area contributed by atoms with Crippen LogP contribution in [-0.4, -0.2) is 33.4 Å². The first-order valence-electron chi connectivity index (χ1n) is 8.48. The van der Waals surface area contributed by atoms with E-state index in [0.717, 1.165) is 12.0 Å². The van der Waals surface area contributed by atoms with Crippen LogP contribution >= 0.6 is 0 Å². The molecule has 1 amide bonds. The summed E-state index contributed by atoms with van der Waals surface area (Å²) in [6.07, 6.45) is 0.988. The molecule has 24 heavy (non-hydrogen) atoms. The molecule has 0 bridgehead atoms. The van der Waals surface area contributed by atoms with Gasteiger partial charge in [-0.3, -0.25) is 4.79 Å². The Morgan fingerprint density at radius 1 is 1.21 bits per heavy atom. The topological polar surface area (TPSA) is 58.1 Å². The summed E-state index contributed by atoms with van der Waals surface area (Å²) in [5.74, 6) is 1.23. The van der Waals surface area contributed by atoms with Gasteiger partial charge in [0.05, 0.1) is 0 Å². The lowest BCUT2D eigenvalue weighted by Gasteiger charge is -2.21. The molecule has 0 saturated heterocycles. The maximum Gasteiger partial charge on any atom is 0.272 e. The lowest BCUT2D eigenvalue weighted by atomic mass is 10.2. The van der Waals surface area contributed by atoms with Gasteiger partial charge in [0.15, 0.2) is 0 Å². The van der Waals surface area contributed by atoms with Crippen molar-refractivity contribution >= 4 is 11.7 Å². The quantitative estimate of drug-likeness (QED) is 0.843. The summed E-state index contributed by atoms with van der Waals surface area (Å²) in [5, 5.41) is 3.31. The van der Waals surface area contributed by atoms with E-state index in [2.05, 4.69) is 29.1 Å². The molecular weight excluding hydrogens is 300 g/mol. The number of amides is 1. The molecular formula is C19H26N4O. The number of carbonyl (C=O) groups excluding carboxylic acids is 1. The van der Waals surface area contributed by atoms with Crippen molar-refractivity contribution in [3.63, 3.8) is 0 Å². The lowest BCUT2D eigenvalue weighted by molar-refractivity contribution is 0.0746. The van der Waals surface area contributed by atoms with Crippen LogP contribution in [0.5, 0.6) is 0 Å². The molecule has 0 saturated carbocycles. The number of nitrogens with one attached hydrogen (secondary N) is 1. The molecule has 2 rings (SSSR count). The van der Waals surface area contributed by atoms with Gasteiger partial charge < -0.3 is 10.2 Å². The van der Waals surface area contributed by atoms with Crippen LogP contribution in [-0.2, 0) is 6.54 Å². The van der Waals surface area contributed by atoms with Crippen molar-refractivity contribution in [1.29, 1.82) is 0 Å². The van der Waals surface area contributed by atoms with Gasteiger partial charge in [-0.25, -0.2) is 9.97 Å². The van der Waals surface area contributed by atoms with E-state index in [1.807, 2.05) is 44.2 Å². The van der Waals surface area contributed by atoms with Crippen LogP contribution in [0.15, 0.2) is 36.4 Å². The van der Waals surface area contributed by atoms with Crippen LogP contribution < -0.4 is 5.32 Å². The van der Waals surface area contributed by atoms with Gasteiger partial charge in [0.25, 0.3) is 5.91 Å². The molecule has 0 aliphatic heterocycles. The Balaban J connectivity index is 2.20. The molecule has 1 aromatic carbocycles. The smallest absolute Gasteiger partial charge is 0.272 e. The summed E-state index contributed by atoms with van der Waals surface area (Å²) >= 11 is 0. The van der Waals surface area contributed by atoms with Crippen molar-refractivity contribution in [2.75, 3.05) is 11.9 Å². The molecule has 0 spiro atoms. The fraction of sp³-hybridized carbons (Fsp3) is 0.421. The van der Waals surface area contributed by atoms with E-state index in [1.165, 1.54) is 0 Å². The zero-order valence-corrected chi connectivity index (χ0v) is 14.9. The van der Waals surface area contributed by atoms with Crippen molar-refractivity contribution in [3.8, 4) is 0 Å². The number of nitrogens with zero attached hydrogens (tertiary/aromatic N) is 3. The molecule has 0 radical (unpaired) electrons. The average Bonchev–Trinajstić information content (AvgIpc) is 2.59. The van der Waals surface area contributed by atoms with Crippen LogP contribution in [0.2, 0.25) is 0 Å². The van der Waals surface area contributed by atoms with Crippen LogP contribution in [0.4, 0.5) is 5.82 Å². The molecule has 1 atom stereocenters. The molecule has 0 aliphatic rings. The van der Waals surface area contributed by atoms with Crippen LogP contribution in [0, 0.1) is 6.92 Å². The number of aryl methyl sites for hydroxylation is 1. The van der Waals surface area contributed by atoms with E-state index in [0.29, 0.717) is 36.5 Å². The van der Waals surface area contributed by atoms with Crippen molar-refractivity contribution in [2.24, 2.45) is 0 Å². The minimum atomic E-state index is -0.0703. The minimum Gasteiger partial charge on any atom is -0.368 e. The first kappa shape index (κ1) is 17.9. The molecule has 1 N–H and O–H groups in total. The lowest BCUT2D eigenvalue weighted by Crippen LogP contribution is -2.31. The third kappa shape index (κ3) is 4.78. The van der Waals surface area contributed by atoms with Gasteiger partial charge in [0, 0.05) is 25.2 Å². The van der Waals surface area contributed by atoms with E-state index < -0.39 is 0 Å². The molecule has 1 aromatic heterocycles. The highest BCUT2D eigenvalue weighted by atomic mass is 16.2. The molecule has 5 nitrogen and oxygen atoms in total. The van der Waals surface area contributed by atoms with E-state index in [-0.39, 0.29) is 5.91 Å². The van der Waals surface area contributed by atoms with Gasteiger partial charge >= 0.3 is 0 Å². The zero-order valence-electron chi connectivity index (χ0n) is 14.9. The number of anilines is 1. The van der Waals surface area contributed by atoms with Crippen molar-refractivity contribution < 1.29 is 4.79 Å². The first-order chi connectivity index (χ1) is 11.5. The van der Waals surface area contributed by atoms with E-state index in [4.69, 9.17) is 0 Å². The summed E-state index contributed by atoms with van der Waals surface area (Å²) in [7, 11) is 0. The monoisotopic (exact) mass is 326 g/mol. The number of carbonyl (C=O) groups is 1. The molecule has 128 valence electrons. The fourth-order valence-electron chi connectivity index (χ4n) is 2.40. The number of hydrogen-bond donors (Lipinski definition) is 1. The predicted octanol–water partition coefficient (Wildman–Crippen LogP) is 3.66. The van der Waals surface area contributed by atoms with Crippen molar-refractivity contribution in [3.05, 3.63) is 53.5 Å². The maximum absolute atomic E-state index is 12.8. The predicted molar refractivity (Wildman–Crippen MR) is 97.0 cm³/mol. The molecule has 1 heterocycles. The zero-order chi connectivity index (χ0) is 17.5. The SMILES string of the molecule is CCC(C)Nc1cc(C(=O)N(CC)Cc2ccccc2)nc(C)n1. The fourth-order valence-corrected chi connectivity index (χ4v) is 2.40. The normalized spacial score (nSPS) is 11.8. The summed E-state index contributed by atoms with van der Waals surface area (Å²) in [4.78, 5) is 23.4. The third-order valence-electron chi connectivity index (χ3n) is 3.95. The summed E-state index contributed by atoms with van der Waals surface area (Å²) in [6.45, 7) is 9.20. The number of benzene rings is 1. The van der Waals surface area contributed by atoms with E-state index >= 15 is 0 Å². The second-order valence-electron chi connectivity index (χ2n) is 5.94. The summed E-state index contributed by atoms with van der Waals surface area (Å²) in [6, 6.07) is 12.0. The Labute approximate surface area is 144 Å². The highest BCUT2D eigenvalue weighted by molar-refractivity contribution is 5.93. The average molecular weight is 326 g/mol. The molecule has 1 unspecified atom stereocenters. The van der Waals surface area contributed by atoms with Crippen LogP contribution in [0.1, 0.15) is 49.1 Å². The highest BCUT2D eigenvalue weighted by Crippen LogP contribution is 2.13. The third-order valence-corrected chi connectivity index (χ3v) is 3.95. The first-order valence-corrected chi connectivity index (χ1v) is 8.48. The van der Waals surface area contributed by atoms with E-state index in [1.54, 1.807) is 11.0 Å². The Hall–Kier alpha value is -2.43. The van der Waals surface area contributed by atoms with Crippen molar-refractivity contribution in [2.45, 2.75) is 46.7 Å². The van der Waals surface area contributed by atoms with Crippen molar-refractivity contribution in [1.82, 2.24) is 14.9 Å². The van der Waals surface area contributed by atoms with Crippen LogP contribution in [0.3, 0.4) is 0 Å². The number of rotatable bonds is 7. The van der Waals surface area contributed by atoms with Gasteiger partial charge in [0.1, 0.15) is 17.3 Å². The Bertz CT molecular complexity index is 672. The standard InChI is InChI=1S/C19H26N4O/c1-5-14(3)20-18-12-17(21-15(4)22-18)19(24)23(6-2)13-16-10-8-7-9-11-16/h7-12,14H,5-6,13H2,1-4H3,(H,20,21,22). The largest absolute Gasteiger partial charge is 0.368 e. The van der Waals surface area contributed by atoms with Gasteiger partial charge in [-0.05, 0) is 32.8 Å². The van der Waals surface area contributed by atoms with Gasteiger partial charge in [-0.2, -0.15) is 0 Å². The molecule has 5 heteroatoms. The second kappa shape index (κ2) is 8.43. The Kier molecular flexibility index (Phi) is 6.29. The Morgan fingerprint density at radius 2 is 1.92 bits per heavy atom. The minimum absolute atomic E-state index is 0.0703. The van der Waals surface area contributed by atoms with Gasteiger partial charge in [0.2, 0.25) is 0 Å². The number of aromatic nitrogens is 2. The molecule has 0 fully saturated rings. The number of hydrogen-bond acceptors (Lipinski definition) is 4. The second-order valence-corrected chi connectivity index (χ2v) is 5.94.